The van der Waals surface area contributed by atoms with E-state index in [-0.39, 0.29) is 23.4 Å². The maximum atomic E-state index is 11.4. The fraction of sp³-hybridized carbons (Fsp3) is 0.333. The van der Waals surface area contributed by atoms with Gasteiger partial charge in [0.25, 0.3) is 0 Å². The van der Waals surface area contributed by atoms with E-state index in [0.717, 1.165) is 5.56 Å². The molecule has 0 spiro atoms. The second-order valence-electron chi connectivity index (χ2n) is 5.05. The second kappa shape index (κ2) is 7.50. The molecule has 8 nitrogen and oxygen atoms in total. The predicted molar refractivity (Wildman–Crippen MR) is 84.9 cm³/mol. The fourth-order valence-corrected chi connectivity index (χ4v) is 1.95. The summed E-state index contributed by atoms with van der Waals surface area (Å²) >= 11 is 0. The Bertz CT molecular complexity index is 676. The van der Waals surface area contributed by atoms with Crippen molar-refractivity contribution in [3.05, 3.63) is 46.3 Å². The highest BCUT2D eigenvalue weighted by Crippen LogP contribution is 2.34. The van der Waals surface area contributed by atoms with Gasteiger partial charge in [0.15, 0.2) is 0 Å². The lowest BCUT2D eigenvalue weighted by atomic mass is 10.2. The largest absolute Gasteiger partial charge is 0.434 e. The molecule has 1 unspecified atom stereocenters. The summed E-state index contributed by atoms with van der Waals surface area (Å²) in [7, 11) is 1.55. The van der Waals surface area contributed by atoms with Crippen LogP contribution < -0.4 is 10.1 Å². The first-order valence-electron chi connectivity index (χ1n) is 7.00. The van der Waals surface area contributed by atoms with Crippen molar-refractivity contribution in [3.8, 4) is 11.6 Å². The van der Waals surface area contributed by atoms with Crippen molar-refractivity contribution in [2.75, 3.05) is 19.0 Å². The summed E-state index contributed by atoms with van der Waals surface area (Å²) in [6, 6.07) is 6.99. The Labute approximate surface area is 133 Å². The van der Waals surface area contributed by atoms with E-state index in [1.54, 1.807) is 19.2 Å². The van der Waals surface area contributed by atoms with Gasteiger partial charge in [-0.2, -0.15) is 4.98 Å². The highest BCUT2D eigenvalue weighted by Gasteiger charge is 2.25. The number of aromatic nitrogens is 2. The summed E-state index contributed by atoms with van der Waals surface area (Å²) in [5, 5.41) is 14.3. The number of methoxy groups -OCH3 is 1. The van der Waals surface area contributed by atoms with Crippen molar-refractivity contribution in [3.63, 3.8) is 0 Å². The van der Waals surface area contributed by atoms with E-state index in [1.165, 1.54) is 6.33 Å². The first kappa shape index (κ1) is 16.6. The third-order valence-corrected chi connectivity index (χ3v) is 3.01. The van der Waals surface area contributed by atoms with Crippen molar-refractivity contribution >= 4 is 11.5 Å². The van der Waals surface area contributed by atoms with Crippen LogP contribution in [0.15, 0.2) is 30.6 Å². The lowest BCUT2D eigenvalue weighted by Crippen LogP contribution is -2.22. The van der Waals surface area contributed by atoms with E-state index >= 15 is 0 Å². The quantitative estimate of drug-likeness (QED) is 0.619. The molecule has 122 valence electrons. The summed E-state index contributed by atoms with van der Waals surface area (Å²) < 4.78 is 10.6. The first-order valence-corrected chi connectivity index (χ1v) is 7.00. The number of nitrogens with zero attached hydrogens (tertiary/aromatic N) is 3. The Morgan fingerprint density at radius 1 is 1.30 bits per heavy atom. The molecule has 0 aliphatic heterocycles. The molecule has 0 saturated heterocycles. The van der Waals surface area contributed by atoms with Gasteiger partial charge in [-0.25, -0.2) is 4.98 Å². The minimum atomic E-state index is -0.564. The third-order valence-electron chi connectivity index (χ3n) is 3.01. The molecule has 0 amide bonds. The van der Waals surface area contributed by atoms with Gasteiger partial charge in [-0.15, -0.1) is 0 Å². The second-order valence-corrected chi connectivity index (χ2v) is 5.05. The fourth-order valence-electron chi connectivity index (χ4n) is 1.95. The van der Waals surface area contributed by atoms with Gasteiger partial charge in [0.1, 0.15) is 12.1 Å². The molecule has 1 aromatic heterocycles. The predicted octanol–water partition coefficient (Wildman–Crippen LogP) is 2.93. The molecule has 8 heteroatoms. The van der Waals surface area contributed by atoms with Gasteiger partial charge >= 0.3 is 11.6 Å². The summed E-state index contributed by atoms with van der Waals surface area (Å²) in [5.74, 6) is 0.450. The molecule has 0 bridgehead atoms. The van der Waals surface area contributed by atoms with Crippen molar-refractivity contribution in [1.29, 1.82) is 0 Å². The van der Waals surface area contributed by atoms with Gasteiger partial charge < -0.3 is 14.8 Å². The van der Waals surface area contributed by atoms with E-state index in [2.05, 4.69) is 15.3 Å². The van der Waals surface area contributed by atoms with Gasteiger partial charge in [0.2, 0.25) is 5.82 Å². The average molecular weight is 318 g/mol. The summed E-state index contributed by atoms with van der Waals surface area (Å²) in [6.07, 6.45) is 1.22. The van der Waals surface area contributed by atoms with E-state index < -0.39 is 4.92 Å². The number of rotatable bonds is 7. The van der Waals surface area contributed by atoms with Crippen LogP contribution in [0.5, 0.6) is 11.6 Å². The number of anilines is 1. The molecular weight excluding hydrogens is 300 g/mol. The summed E-state index contributed by atoms with van der Waals surface area (Å²) in [5.41, 5.74) is 0.751. The minimum absolute atomic E-state index is 0.0941. The monoisotopic (exact) mass is 318 g/mol. The van der Waals surface area contributed by atoms with Crippen LogP contribution in [0.25, 0.3) is 0 Å². The van der Waals surface area contributed by atoms with Gasteiger partial charge in [0, 0.05) is 13.2 Å². The maximum absolute atomic E-state index is 11.4. The molecule has 0 radical (unpaired) electrons. The van der Waals surface area contributed by atoms with Gasteiger partial charge in [-0.1, -0.05) is 17.7 Å². The molecule has 1 heterocycles. The molecule has 0 saturated carbocycles. The van der Waals surface area contributed by atoms with Crippen LogP contribution in [0.2, 0.25) is 0 Å². The summed E-state index contributed by atoms with van der Waals surface area (Å²) in [4.78, 5) is 18.7. The average Bonchev–Trinajstić information content (AvgIpc) is 2.49. The zero-order chi connectivity index (χ0) is 16.8. The molecule has 23 heavy (non-hydrogen) atoms. The highest BCUT2D eigenvalue weighted by molar-refractivity contribution is 5.62. The smallest absolute Gasteiger partial charge is 0.373 e. The first-order chi connectivity index (χ1) is 11.0. The molecule has 0 aliphatic rings. The van der Waals surface area contributed by atoms with E-state index in [0.29, 0.717) is 12.4 Å². The lowest BCUT2D eigenvalue weighted by Gasteiger charge is -2.14. The Morgan fingerprint density at radius 2 is 2.00 bits per heavy atom. The van der Waals surface area contributed by atoms with Crippen LogP contribution in [-0.2, 0) is 4.74 Å². The van der Waals surface area contributed by atoms with E-state index in [1.807, 2.05) is 26.0 Å². The van der Waals surface area contributed by atoms with E-state index in [9.17, 15) is 10.1 Å². The SMILES string of the molecule is COCC(C)Nc1ncnc(Oc2ccc(C)cc2)c1[N+](=O)[O-]. The Balaban J connectivity index is 2.31. The zero-order valence-corrected chi connectivity index (χ0v) is 13.1. The van der Waals surface area contributed by atoms with Crippen molar-refractivity contribution in [2.24, 2.45) is 0 Å². The van der Waals surface area contributed by atoms with Crippen LogP contribution in [-0.4, -0.2) is 34.6 Å². The zero-order valence-electron chi connectivity index (χ0n) is 13.1. The number of ether oxygens (including phenoxy) is 2. The number of nitrogens with one attached hydrogen (secondary N) is 1. The van der Waals surface area contributed by atoms with Crippen molar-refractivity contribution < 1.29 is 14.4 Å². The molecular formula is C15H18N4O4. The topological polar surface area (TPSA) is 99.4 Å². The highest BCUT2D eigenvalue weighted by atomic mass is 16.6. The maximum Gasteiger partial charge on any atom is 0.373 e. The van der Waals surface area contributed by atoms with Crippen LogP contribution >= 0.6 is 0 Å². The number of benzene rings is 1. The van der Waals surface area contributed by atoms with Gasteiger partial charge in [-0.05, 0) is 26.0 Å². The van der Waals surface area contributed by atoms with Gasteiger partial charge in [0.05, 0.1) is 11.5 Å². The minimum Gasteiger partial charge on any atom is -0.434 e. The lowest BCUT2D eigenvalue weighted by molar-refractivity contribution is -0.385. The number of hydrogen-bond acceptors (Lipinski definition) is 7. The van der Waals surface area contributed by atoms with Gasteiger partial charge in [-0.3, -0.25) is 10.1 Å². The number of nitro groups is 1. The third kappa shape index (κ3) is 4.36. The molecule has 1 atom stereocenters. The molecule has 0 fully saturated rings. The van der Waals surface area contributed by atoms with Crippen LogP contribution in [0.3, 0.4) is 0 Å². The molecule has 2 rings (SSSR count). The number of aryl methyl sites for hydroxylation is 1. The Hall–Kier alpha value is -2.74. The molecule has 2 aromatic rings. The molecule has 1 aromatic carbocycles. The van der Waals surface area contributed by atoms with Crippen LogP contribution in [0, 0.1) is 17.0 Å². The Kier molecular flexibility index (Phi) is 5.42. The molecule has 0 aliphatic carbocycles. The standard InChI is InChI=1S/C15H18N4O4/c1-10-4-6-12(7-5-10)23-15-13(19(20)21)14(16-9-17-15)18-11(2)8-22-3/h4-7,9,11H,8H2,1-3H3,(H,16,17,18). The van der Waals surface area contributed by atoms with Crippen LogP contribution in [0.4, 0.5) is 11.5 Å². The van der Waals surface area contributed by atoms with Crippen molar-refractivity contribution in [2.45, 2.75) is 19.9 Å². The van der Waals surface area contributed by atoms with Crippen LogP contribution in [0.1, 0.15) is 12.5 Å². The number of hydrogen-bond donors (Lipinski definition) is 1. The normalized spacial score (nSPS) is 11.8. The summed E-state index contributed by atoms with van der Waals surface area (Å²) in [6.45, 7) is 4.15. The van der Waals surface area contributed by atoms with E-state index in [4.69, 9.17) is 9.47 Å². The molecule has 1 N–H and O–H groups in total. The van der Waals surface area contributed by atoms with Crippen molar-refractivity contribution in [1.82, 2.24) is 9.97 Å². The Morgan fingerprint density at radius 3 is 2.61 bits per heavy atom.